The number of hydrogen-bond acceptors (Lipinski definition) is 3. The Labute approximate surface area is 109 Å². The number of rotatable bonds is 4. The molecule has 0 saturated heterocycles. The fourth-order valence-electron chi connectivity index (χ4n) is 2.72. The summed E-state index contributed by atoms with van der Waals surface area (Å²) in [7, 11) is 0. The highest BCUT2D eigenvalue weighted by Gasteiger charge is 2.37. The van der Waals surface area contributed by atoms with Crippen LogP contribution in [0, 0.1) is 5.41 Å². The number of hydrogen-bond donors (Lipinski definition) is 1. The van der Waals surface area contributed by atoms with Crippen molar-refractivity contribution in [2.24, 2.45) is 5.41 Å². The van der Waals surface area contributed by atoms with E-state index in [-0.39, 0.29) is 24.2 Å². The van der Waals surface area contributed by atoms with Gasteiger partial charge in [-0.1, -0.05) is 19.3 Å². The molecule has 1 aliphatic carbocycles. The van der Waals surface area contributed by atoms with Crippen molar-refractivity contribution in [2.45, 2.75) is 71.3 Å². The SMILES string of the molecule is CC(C)(C)OC(=O)CC1(CC(=O)O)CCCCC1. The van der Waals surface area contributed by atoms with Gasteiger partial charge >= 0.3 is 11.9 Å². The molecule has 0 radical (unpaired) electrons. The first kappa shape index (κ1) is 15.0. The van der Waals surface area contributed by atoms with Crippen molar-refractivity contribution in [1.29, 1.82) is 0 Å². The maximum absolute atomic E-state index is 11.9. The van der Waals surface area contributed by atoms with Crippen molar-refractivity contribution in [1.82, 2.24) is 0 Å². The minimum absolute atomic E-state index is 0.0756. The molecule has 0 spiro atoms. The van der Waals surface area contributed by atoms with E-state index in [4.69, 9.17) is 9.84 Å². The summed E-state index contributed by atoms with van der Waals surface area (Å²) in [6, 6.07) is 0. The van der Waals surface area contributed by atoms with Gasteiger partial charge in [0.2, 0.25) is 0 Å². The van der Waals surface area contributed by atoms with Gasteiger partial charge in [-0.2, -0.15) is 0 Å². The standard InChI is InChI=1S/C14H24O4/c1-13(2,3)18-12(17)10-14(9-11(15)16)7-5-4-6-8-14/h4-10H2,1-3H3,(H,15,16). The van der Waals surface area contributed by atoms with Gasteiger partial charge in [-0.25, -0.2) is 0 Å². The highest BCUT2D eigenvalue weighted by molar-refractivity contribution is 5.73. The molecular weight excluding hydrogens is 232 g/mol. The van der Waals surface area contributed by atoms with Gasteiger partial charge in [-0.3, -0.25) is 9.59 Å². The minimum Gasteiger partial charge on any atom is -0.481 e. The maximum atomic E-state index is 11.9. The average Bonchev–Trinajstić information content (AvgIpc) is 2.13. The third-order valence-corrected chi connectivity index (χ3v) is 3.38. The second kappa shape index (κ2) is 5.72. The number of carbonyl (C=O) groups is 2. The van der Waals surface area contributed by atoms with Crippen molar-refractivity contribution in [3.8, 4) is 0 Å². The lowest BCUT2D eigenvalue weighted by Gasteiger charge is -2.36. The van der Waals surface area contributed by atoms with Crippen LogP contribution in [0.25, 0.3) is 0 Å². The van der Waals surface area contributed by atoms with Crippen LogP contribution in [0.3, 0.4) is 0 Å². The fourth-order valence-corrected chi connectivity index (χ4v) is 2.72. The van der Waals surface area contributed by atoms with Crippen LogP contribution in [-0.4, -0.2) is 22.6 Å². The number of ether oxygens (including phenoxy) is 1. The molecule has 104 valence electrons. The summed E-state index contributed by atoms with van der Waals surface area (Å²) in [5, 5.41) is 9.02. The Morgan fingerprint density at radius 2 is 1.67 bits per heavy atom. The lowest BCUT2D eigenvalue weighted by Crippen LogP contribution is -2.33. The number of carbonyl (C=O) groups excluding carboxylic acids is 1. The second-order valence-electron chi connectivity index (χ2n) is 6.39. The van der Waals surface area contributed by atoms with Gasteiger partial charge in [0.1, 0.15) is 5.60 Å². The van der Waals surface area contributed by atoms with E-state index in [9.17, 15) is 9.59 Å². The highest BCUT2D eigenvalue weighted by Crippen LogP contribution is 2.42. The van der Waals surface area contributed by atoms with Crippen molar-refractivity contribution in [3.05, 3.63) is 0 Å². The summed E-state index contributed by atoms with van der Waals surface area (Å²) in [6.45, 7) is 5.49. The molecule has 1 rings (SSSR count). The number of aliphatic carboxylic acids is 1. The predicted octanol–water partition coefficient (Wildman–Crippen LogP) is 3.14. The molecule has 1 aliphatic rings. The Morgan fingerprint density at radius 3 is 2.11 bits per heavy atom. The molecule has 4 heteroatoms. The summed E-state index contributed by atoms with van der Waals surface area (Å²) >= 11 is 0. The normalized spacial score (nSPS) is 19.3. The van der Waals surface area contributed by atoms with Crippen molar-refractivity contribution >= 4 is 11.9 Å². The molecule has 1 saturated carbocycles. The Morgan fingerprint density at radius 1 is 1.11 bits per heavy atom. The van der Waals surface area contributed by atoms with Gasteiger partial charge in [0.05, 0.1) is 12.8 Å². The lowest BCUT2D eigenvalue weighted by atomic mass is 9.69. The molecule has 0 bridgehead atoms. The van der Waals surface area contributed by atoms with E-state index < -0.39 is 11.6 Å². The third-order valence-electron chi connectivity index (χ3n) is 3.38. The van der Waals surface area contributed by atoms with E-state index in [2.05, 4.69) is 0 Å². The zero-order valence-corrected chi connectivity index (χ0v) is 11.6. The zero-order chi connectivity index (χ0) is 13.8. The monoisotopic (exact) mass is 256 g/mol. The van der Waals surface area contributed by atoms with Crippen LogP contribution in [-0.2, 0) is 14.3 Å². The van der Waals surface area contributed by atoms with Crippen LogP contribution in [0.5, 0.6) is 0 Å². The molecule has 0 heterocycles. The van der Waals surface area contributed by atoms with Gasteiger partial charge in [0, 0.05) is 0 Å². The Bertz CT molecular complexity index is 308. The van der Waals surface area contributed by atoms with Gasteiger partial charge in [-0.15, -0.1) is 0 Å². The van der Waals surface area contributed by atoms with E-state index >= 15 is 0 Å². The molecular formula is C14H24O4. The Kier molecular flexibility index (Phi) is 4.77. The molecule has 0 aromatic rings. The molecule has 0 amide bonds. The van der Waals surface area contributed by atoms with E-state index in [1.54, 1.807) is 0 Å². The molecule has 0 aromatic heterocycles. The van der Waals surface area contributed by atoms with Crippen LogP contribution < -0.4 is 0 Å². The molecule has 4 nitrogen and oxygen atoms in total. The van der Waals surface area contributed by atoms with E-state index in [0.717, 1.165) is 32.1 Å². The fraction of sp³-hybridized carbons (Fsp3) is 0.857. The number of esters is 1. The first-order valence-corrected chi connectivity index (χ1v) is 6.66. The van der Waals surface area contributed by atoms with Crippen LogP contribution in [0.1, 0.15) is 65.7 Å². The van der Waals surface area contributed by atoms with Crippen LogP contribution >= 0.6 is 0 Å². The van der Waals surface area contributed by atoms with Crippen molar-refractivity contribution in [2.75, 3.05) is 0 Å². The summed E-state index contributed by atoms with van der Waals surface area (Å²) in [5.41, 5.74) is -0.886. The van der Waals surface area contributed by atoms with Crippen LogP contribution in [0.4, 0.5) is 0 Å². The third kappa shape index (κ3) is 5.07. The molecule has 0 atom stereocenters. The second-order valence-corrected chi connectivity index (χ2v) is 6.39. The lowest BCUT2D eigenvalue weighted by molar-refractivity contribution is -0.159. The highest BCUT2D eigenvalue weighted by atomic mass is 16.6. The predicted molar refractivity (Wildman–Crippen MR) is 68.2 cm³/mol. The first-order valence-electron chi connectivity index (χ1n) is 6.66. The summed E-state index contributed by atoms with van der Waals surface area (Å²) in [5.74, 6) is -1.09. The zero-order valence-electron chi connectivity index (χ0n) is 11.6. The molecule has 0 aromatic carbocycles. The van der Waals surface area contributed by atoms with Crippen LogP contribution in [0.15, 0.2) is 0 Å². The van der Waals surface area contributed by atoms with Gasteiger partial charge in [0.25, 0.3) is 0 Å². The Balaban J connectivity index is 2.66. The van der Waals surface area contributed by atoms with Crippen molar-refractivity contribution < 1.29 is 19.4 Å². The average molecular weight is 256 g/mol. The summed E-state index contributed by atoms with van der Waals surface area (Å²) in [4.78, 5) is 22.9. The van der Waals surface area contributed by atoms with E-state index in [1.807, 2.05) is 20.8 Å². The molecule has 1 fully saturated rings. The number of carboxylic acid groups (broad SMARTS) is 1. The van der Waals surface area contributed by atoms with Gasteiger partial charge in [-0.05, 0) is 39.0 Å². The summed E-state index contributed by atoms with van der Waals surface area (Å²) < 4.78 is 5.32. The van der Waals surface area contributed by atoms with E-state index in [0.29, 0.717) is 0 Å². The smallest absolute Gasteiger partial charge is 0.306 e. The topological polar surface area (TPSA) is 63.6 Å². The molecule has 0 unspecified atom stereocenters. The minimum atomic E-state index is -0.819. The largest absolute Gasteiger partial charge is 0.481 e. The van der Waals surface area contributed by atoms with Gasteiger partial charge in [0.15, 0.2) is 0 Å². The van der Waals surface area contributed by atoms with Crippen molar-refractivity contribution in [3.63, 3.8) is 0 Å². The van der Waals surface area contributed by atoms with Gasteiger partial charge < -0.3 is 9.84 Å². The maximum Gasteiger partial charge on any atom is 0.306 e. The molecule has 18 heavy (non-hydrogen) atoms. The first-order chi connectivity index (χ1) is 8.22. The Hall–Kier alpha value is -1.06. The van der Waals surface area contributed by atoms with E-state index in [1.165, 1.54) is 0 Å². The number of carboxylic acids is 1. The van der Waals surface area contributed by atoms with Crippen LogP contribution in [0.2, 0.25) is 0 Å². The molecule has 1 N–H and O–H groups in total. The molecule has 0 aliphatic heterocycles. The summed E-state index contributed by atoms with van der Waals surface area (Å²) in [6.07, 6.45) is 5.10. The quantitative estimate of drug-likeness (QED) is 0.785.